The molecule has 1 saturated heterocycles. The van der Waals surface area contributed by atoms with Gasteiger partial charge in [-0.1, -0.05) is 41.6 Å². The molecule has 2 heterocycles. The zero-order valence-electron chi connectivity index (χ0n) is 17.1. The summed E-state index contributed by atoms with van der Waals surface area (Å²) in [5.41, 5.74) is -1.51. The van der Waals surface area contributed by atoms with E-state index in [1.807, 2.05) is 0 Å². The van der Waals surface area contributed by atoms with Crippen LogP contribution in [-0.4, -0.2) is 59.1 Å². The van der Waals surface area contributed by atoms with Gasteiger partial charge in [0.2, 0.25) is 0 Å². The van der Waals surface area contributed by atoms with Gasteiger partial charge in [-0.15, -0.1) is 0 Å². The van der Waals surface area contributed by atoms with Crippen molar-refractivity contribution in [3.05, 3.63) is 75.6 Å². The zero-order valence-corrected chi connectivity index (χ0v) is 18.8. The van der Waals surface area contributed by atoms with Crippen LogP contribution < -0.4 is 16.1 Å². The summed E-state index contributed by atoms with van der Waals surface area (Å²) in [7, 11) is -10.6. The molecule has 5 atom stereocenters. The summed E-state index contributed by atoms with van der Waals surface area (Å²) in [5, 5.41) is 20.5. The highest BCUT2D eigenvalue weighted by molar-refractivity contribution is 7.60. The Morgan fingerprint density at radius 3 is 2.32 bits per heavy atom. The first-order valence-electron chi connectivity index (χ1n) is 9.32. The van der Waals surface area contributed by atoms with Gasteiger partial charge in [0.25, 0.3) is 5.56 Å². The molecule has 1 aliphatic rings. The van der Waals surface area contributed by atoms with Crippen LogP contribution in [0.4, 0.5) is 0 Å². The molecule has 1 aliphatic heterocycles. The fourth-order valence-electron chi connectivity index (χ4n) is 2.96. The maximum Gasteiger partial charge on any atom is 0.481 e. The molecule has 17 heteroatoms. The highest BCUT2D eigenvalue weighted by Crippen LogP contribution is 2.57. The molecule has 5 N–H and O–H groups in total. The summed E-state index contributed by atoms with van der Waals surface area (Å²) in [5.74, 6) is -0.0412. The van der Waals surface area contributed by atoms with Crippen molar-refractivity contribution in [2.24, 2.45) is 0 Å². The van der Waals surface area contributed by atoms with Crippen molar-refractivity contribution in [3.8, 4) is 0 Å². The van der Waals surface area contributed by atoms with Crippen LogP contribution in [0.2, 0.25) is 0 Å². The van der Waals surface area contributed by atoms with Crippen molar-refractivity contribution in [1.29, 1.82) is 0 Å². The van der Waals surface area contributed by atoms with E-state index in [2.05, 4.69) is 15.4 Å². The number of phosphoric ester groups is 1. The Hall–Kier alpha value is -2.42. The second-order valence-electron chi connectivity index (χ2n) is 6.90. The number of ether oxygens (including phenoxy) is 1. The van der Waals surface area contributed by atoms with Crippen molar-refractivity contribution < 1.29 is 52.4 Å². The lowest BCUT2D eigenvalue weighted by Crippen LogP contribution is -2.45. The van der Waals surface area contributed by atoms with E-state index in [0.29, 0.717) is 10.3 Å². The normalized spacial score (nSPS) is 24.5. The van der Waals surface area contributed by atoms with Gasteiger partial charge >= 0.3 is 21.3 Å². The molecule has 3 rings (SSSR count). The van der Waals surface area contributed by atoms with Gasteiger partial charge in [0.05, 0.1) is 6.61 Å². The van der Waals surface area contributed by atoms with Crippen LogP contribution in [0.3, 0.4) is 0 Å². The molecule has 0 spiro atoms. The van der Waals surface area contributed by atoms with E-state index in [0.717, 1.165) is 16.8 Å². The Morgan fingerprint density at radius 2 is 1.71 bits per heavy atom. The number of nitrogens with zero attached hydrogens (tertiary/aromatic N) is 2. The summed E-state index contributed by atoms with van der Waals surface area (Å²) in [6.07, 6.45) is -5.72. The van der Waals surface area contributed by atoms with Crippen LogP contribution >= 0.6 is 15.6 Å². The Kier molecular flexibility index (Phi) is 7.75. The number of aliphatic hydroxyl groups is 2. The number of rotatable bonds is 9. The monoisotopic (exact) mass is 522 g/mol. The van der Waals surface area contributed by atoms with E-state index in [4.69, 9.17) is 19.4 Å². The van der Waals surface area contributed by atoms with Gasteiger partial charge in [-0.25, -0.2) is 13.9 Å². The first-order valence-corrected chi connectivity index (χ1v) is 12.3. The van der Waals surface area contributed by atoms with Gasteiger partial charge in [-0.2, -0.15) is 4.31 Å². The smallest absolute Gasteiger partial charge is 0.387 e. The average Bonchev–Trinajstić information content (AvgIpc) is 3.02. The maximum atomic E-state index is 12.8. The van der Waals surface area contributed by atoms with E-state index in [-0.39, 0.29) is 5.76 Å². The molecule has 0 bridgehead atoms. The Labute approximate surface area is 190 Å². The Morgan fingerprint density at radius 1 is 1.06 bits per heavy atom. The minimum atomic E-state index is -5.38. The molecule has 0 aliphatic carbocycles. The van der Waals surface area contributed by atoms with Crippen molar-refractivity contribution in [3.63, 3.8) is 0 Å². The second-order valence-corrected chi connectivity index (χ2v) is 9.73. The van der Waals surface area contributed by atoms with Gasteiger partial charge in [0.1, 0.15) is 18.3 Å². The van der Waals surface area contributed by atoms with E-state index >= 15 is 0 Å². The predicted molar refractivity (Wildman–Crippen MR) is 112 cm³/mol. The standard InChI is InChI=1S/C17H20N2O13P2/c1-10(11-5-3-2-4-6-11)31-19-13(20)7-8-18(17(19)23)16-15(22)14(21)12(30-16)9-29-34(27,28)32-33(24,25)26/h2-8,12,14-16,21-22H,1,9H2,(H,27,28)(H2,24,25,26)/t12-,14-,15-,16-/m1/s1. The molecule has 34 heavy (non-hydrogen) atoms. The van der Waals surface area contributed by atoms with E-state index in [9.17, 15) is 33.8 Å². The van der Waals surface area contributed by atoms with Crippen molar-refractivity contribution >= 4 is 21.4 Å². The number of hydrogen-bond acceptors (Lipinski definition) is 10. The summed E-state index contributed by atoms with van der Waals surface area (Å²) in [6.45, 7) is 2.70. The summed E-state index contributed by atoms with van der Waals surface area (Å²) >= 11 is 0. The van der Waals surface area contributed by atoms with Gasteiger partial charge in [0, 0.05) is 17.8 Å². The molecule has 0 radical (unpaired) electrons. The molecule has 186 valence electrons. The minimum Gasteiger partial charge on any atom is -0.387 e. The average molecular weight is 522 g/mol. The number of hydrogen-bond donors (Lipinski definition) is 5. The highest BCUT2D eigenvalue weighted by atomic mass is 31.3. The summed E-state index contributed by atoms with van der Waals surface area (Å²) in [6, 6.07) is 9.25. The first-order chi connectivity index (χ1) is 15.8. The predicted octanol–water partition coefficient (Wildman–Crippen LogP) is -1.05. The maximum absolute atomic E-state index is 12.8. The molecule has 0 saturated carbocycles. The largest absolute Gasteiger partial charge is 0.481 e. The minimum absolute atomic E-state index is 0.0412. The van der Waals surface area contributed by atoms with Crippen LogP contribution in [0.5, 0.6) is 0 Å². The van der Waals surface area contributed by atoms with Gasteiger partial charge in [-0.05, 0) is 0 Å². The third-order valence-corrected chi connectivity index (χ3v) is 6.64. The topological polar surface area (TPSA) is 216 Å². The van der Waals surface area contributed by atoms with Crippen LogP contribution in [0.25, 0.3) is 5.76 Å². The lowest BCUT2D eigenvalue weighted by atomic mass is 10.1. The number of phosphoric acid groups is 2. The van der Waals surface area contributed by atoms with E-state index in [1.54, 1.807) is 30.3 Å². The van der Waals surface area contributed by atoms with Crippen LogP contribution in [0.1, 0.15) is 11.8 Å². The molecule has 2 aromatic rings. The van der Waals surface area contributed by atoms with E-state index < -0.39 is 58.0 Å². The lowest BCUT2D eigenvalue weighted by Gasteiger charge is -2.19. The lowest BCUT2D eigenvalue weighted by molar-refractivity contribution is -0.0563. The number of aromatic nitrogens is 2. The van der Waals surface area contributed by atoms with Gasteiger partial charge < -0.3 is 34.5 Å². The van der Waals surface area contributed by atoms with Crippen molar-refractivity contribution in [2.45, 2.75) is 24.5 Å². The molecule has 15 nitrogen and oxygen atoms in total. The fourth-order valence-corrected chi connectivity index (χ4v) is 4.56. The molecule has 1 aromatic carbocycles. The molecular weight excluding hydrogens is 502 g/mol. The Balaban J connectivity index is 1.79. The van der Waals surface area contributed by atoms with Crippen LogP contribution in [0.15, 0.2) is 58.8 Å². The van der Waals surface area contributed by atoms with Gasteiger partial charge in [-0.3, -0.25) is 13.9 Å². The molecule has 1 aromatic heterocycles. The van der Waals surface area contributed by atoms with Crippen molar-refractivity contribution in [2.75, 3.05) is 6.61 Å². The van der Waals surface area contributed by atoms with E-state index in [1.165, 1.54) is 0 Å². The first kappa shape index (κ1) is 26.2. The fraction of sp³-hybridized carbons (Fsp3) is 0.294. The molecule has 0 amide bonds. The number of benzene rings is 1. The quantitative estimate of drug-likeness (QED) is 0.197. The molecular formula is C17H20N2O13P2. The SMILES string of the molecule is C=C(On1c(=O)ccn([C@@H]2O[C@H](COP(=O)(O)OP(=O)(O)O)[C@@H](O)[C@H]2O)c1=O)c1ccccc1. The highest BCUT2D eigenvalue weighted by Gasteiger charge is 2.46. The third-order valence-electron chi connectivity index (χ3n) is 4.49. The van der Waals surface area contributed by atoms with Gasteiger partial charge in [0.15, 0.2) is 12.0 Å². The summed E-state index contributed by atoms with van der Waals surface area (Å²) in [4.78, 5) is 56.9. The van der Waals surface area contributed by atoms with Crippen LogP contribution in [-0.2, 0) is 22.7 Å². The summed E-state index contributed by atoms with van der Waals surface area (Å²) < 4.78 is 36.7. The number of aliphatic hydroxyl groups excluding tert-OH is 2. The molecule has 1 unspecified atom stereocenters. The second kappa shape index (κ2) is 10.1. The molecule has 1 fully saturated rings. The third kappa shape index (κ3) is 6.17. The zero-order chi connectivity index (χ0) is 25.3. The van der Waals surface area contributed by atoms with Crippen molar-refractivity contribution in [1.82, 2.24) is 9.30 Å². The Bertz CT molecular complexity index is 1250. The van der Waals surface area contributed by atoms with Crippen LogP contribution in [0, 0.1) is 0 Å².